The second-order valence-corrected chi connectivity index (χ2v) is 10.2. The van der Waals surface area contributed by atoms with Crippen molar-refractivity contribution in [2.24, 2.45) is 10.9 Å². The van der Waals surface area contributed by atoms with Gasteiger partial charge in [0.2, 0.25) is 0 Å². The summed E-state index contributed by atoms with van der Waals surface area (Å²) in [5.74, 6) is -2.00. The van der Waals surface area contributed by atoms with Crippen molar-refractivity contribution in [3.05, 3.63) is 107 Å². The van der Waals surface area contributed by atoms with Gasteiger partial charge >= 0.3 is 5.97 Å². The molecule has 39 heavy (non-hydrogen) atoms. The highest BCUT2D eigenvalue weighted by molar-refractivity contribution is 8.18. The smallest absolute Gasteiger partial charge is 0.331 e. The first-order chi connectivity index (χ1) is 19.0. The summed E-state index contributed by atoms with van der Waals surface area (Å²) < 4.78 is 4.98. The Morgan fingerprint density at radius 3 is 1.87 bits per heavy atom. The van der Waals surface area contributed by atoms with Crippen molar-refractivity contribution >= 4 is 45.8 Å². The Balaban J connectivity index is 1.81. The topological polar surface area (TPSA) is 79.3 Å². The highest BCUT2D eigenvalue weighted by Gasteiger charge is 2.65. The lowest BCUT2D eigenvalue weighted by Gasteiger charge is -2.45. The van der Waals surface area contributed by atoms with E-state index in [1.807, 2.05) is 62.4 Å². The van der Waals surface area contributed by atoms with Crippen LogP contribution in [-0.2, 0) is 9.53 Å². The molecule has 3 aromatic rings. The molecule has 0 aliphatic carbocycles. The Labute approximate surface area is 232 Å². The number of ether oxygens (including phenoxy) is 1. The molecule has 1 atom stereocenters. The van der Waals surface area contributed by atoms with Crippen molar-refractivity contribution in [2.75, 3.05) is 30.0 Å². The normalized spacial score (nSPS) is 19.5. The molecule has 0 saturated carbocycles. The molecule has 0 N–H and O–H groups in total. The number of ketones is 1. The van der Waals surface area contributed by atoms with Crippen LogP contribution < -0.4 is 9.80 Å². The summed E-state index contributed by atoms with van der Waals surface area (Å²) in [6, 6.07) is 25.8. The number of hydrogen-bond donors (Lipinski definition) is 0. The van der Waals surface area contributed by atoms with Crippen LogP contribution in [-0.4, -0.2) is 48.6 Å². The number of Topliss-reactive ketones (excluding diaryl/α,β-unsaturated/α-hetero) is 1. The molecular formula is C31H29N3O4S. The number of carbonyl (C=O) groups excluding carboxylic acids is 3. The zero-order chi connectivity index (χ0) is 27.6. The Morgan fingerprint density at radius 1 is 0.846 bits per heavy atom. The van der Waals surface area contributed by atoms with Crippen LogP contribution in [0.1, 0.15) is 34.6 Å². The van der Waals surface area contributed by atoms with Gasteiger partial charge in [-0.15, -0.1) is 0 Å². The van der Waals surface area contributed by atoms with E-state index in [-0.39, 0.29) is 5.78 Å². The minimum atomic E-state index is -1.16. The van der Waals surface area contributed by atoms with Crippen LogP contribution in [0.2, 0.25) is 0 Å². The molecule has 198 valence electrons. The minimum Gasteiger partial charge on any atom is -0.466 e. The van der Waals surface area contributed by atoms with Gasteiger partial charge in [-0.25, -0.2) is 9.79 Å². The number of thioether (sulfide) groups is 1. The predicted molar refractivity (Wildman–Crippen MR) is 155 cm³/mol. The Morgan fingerprint density at radius 2 is 1.36 bits per heavy atom. The van der Waals surface area contributed by atoms with Crippen molar-refractivity contribution in [2.45, 2.75) is 19.5 Å². The van der Waals surface area contributed by atoms with E-state index in [0.29, 0.717) is 34.2 Å². The summed E-state index contributed by atoms with van der Waals surface area (Å²) in [7, 11) is 1.30. The Bertz CT molecular complexity index is 1440. The molecule has 2 aliphatic rings. The fourth-order valence-corrected chi connectivity index (χ4v) is 6.96. The summed E-state index contributed by atoms with van der Waals surface area (Å²) in [5, 5.41) is 0.445. The second-order valence-electron chi connectivity index (χ2n) is 9.13. The third-order valence-electron chi connectivity index (χ3n) is 7.14. The van der Waals surface area contributed by atoms with Gasteiger partial charge in [-0.2, -0.15) is 0 Å². The van der Waals surface area contributed by atoms with Crippen LogP contribution in [0.3, 0.4) is 0 Å². The van der Waals surface area contributed by atoms with Crippen molar-refractivity contribution in [3.8, 4) is 0 Å². The van der Waals surface area contributed by atoms with Gasteiger partial charge < -0.3 is 14.5 Å². The minimum absolute atomic E-state index is 0.166. The van der Waals surface area contributed by atoms with Crippen LogP contribution in [0.25, 0.3) is 0 Å². The monoisotopic (exact) mass is 539 g/mol. The number of carbonyl (C=O) groups is 3. The van der Waals surface area contributed by atoms with E-state index in [1.165, 1.54) is 24.9 Å². The Kier molecular flexibility index (Phi) is 7.39. The number of esters is 1. The quantitative estimate of drug-likeness (QED) is 0.230. The fraction of sp³-hybridized carbons (Fsp3) is 0.226. The highest BCUT2D eigenvalue weighted by atomic mass is 32.2. The second kappa shape index (κ2) is 10.9. The molecule has 0 aromatic heterocycles. The van der Waals surface area contributed by atoms with E-state index in [1.54, 1.807) is 36.4 Å². The van der Waals surface area contributed by atoms with E-state index in [0.717, 1.165) is 11.4 Å². The molecular weight excluding hydrogens is 510 g/mol. The van der Waals surface area contributed by atoms with Gasteiger partial charge in [0.05, 0.1) is 18.5 Å². The molecule has 1 saturated heterocycles. The number of aliphatic imine (C=N–C) groups is 1. The molecule has 3 aromatic carbocycles. The summed E-state index contributed by atoms with van der Waals surface area (Å²) in [5.41, 5.74) is 1.67. The van der Waals surface area contributed by atoms with Crippen LogP contribution in [0.5, 0.6) is 0 Å². The zero-order valence-electron chi connectivity index (χ0n) is 22.0. The molecule has 0 radical (unpaired) electrons. The SMILES string of the molecule is CCN1c2ccccc2N(CC)C12C(=NC(=O)c1ccccc1)S/C(=C\C(=O)OC)C2C(=O)c1ccccc1. The van der Waals surface area contributed by atoms with Crippen molar-refractivity contribution in [3.63, 3.8) is 0 Å². The van der Waals surface area contributed by atoms with Gasteiger partial charge in [0, 0.05) is 35.2 Å². The third kappa shape index (κ3) is 4.34. The lowest BCUT2D eigenvalue weighted by Crippen LogP contribution is -2.65. The molecule has 1 amide bonds. The van der Waals surface area contributed by atoms with Gasteiger partial charge in [0.15, 0.2) is 11.4 Å². The van der Waals surface area contributed by atoms with E-state index < -0.39 is 23.5 Å². The standard InChI is InChI=1S/C31H29N3O4S/c1-4-33-23-18-12-13-19-24(23)34(5-2)31(33)27(28(36)21-14-8-6-9-15-21)25(20-26(35)38-3)39-30(31)32-29(37)22-16-10-7-11-17-22/h6-20,27H,4-5H2,1-3H3/b25-20-,32-30?. The maximum absolute atomic E-state index is 14.5. The first-order valence-electron chi connectivity index (χ1n) is 12.9. The van der Waals surface area contributed by atoms with Crippen LogP contribution >= 0.6 is 11.8 Å². The van der Waals surface area contributed by atoms with Gasteiger partial charge in [0.25, 0.3) is 5.91 Å². The average molecular weight is 540 g/mol. The lowest BCUT2D eigenvalue weighted by atomic mass is 9.83. The first-order valence-corrected chi connectivity index (χ1v) is 13.7. The molecule has 1 spiro atoms. The van der Waals surface area contributed by atoms with Gasteiger partial charge in [0.1, 0.15) is 11.0 Å². The number of nitrogens with zero attached hydrogens (tertiary/aromatic N) is 3. The van der Waals surface area contributed by atoms with Crippen molar-refractivity contribution in [1.82, 2.24) is 0 Å². The third-order valence-corrected chi connectivity index (χ3v) is 8.32. The van der Waals surface area contributed by atoms with Crippen LogP contribution in [0.15, 0.2) is 101 Å². The Hall–Kier alpha value is -4.17. The number of benzene rings is 3. The molecule has 7 nitrogen and oxygen atoms in total. The summed E-state index contributed by atoms with van der Waals surface area (Å²) in [4.78, 5) is 50.0. The van der Waals surface area contributed by atoms with Crippen molar-refractivity contribution < 1.29 is 19.1 Å². The maximum atomic E-state index is 14.5. The van der Waals surface area contributed by atoms with Crippen LogP contribution in [0.4, 0.5) is 11.4 Å². The number of hydrogen-bond acceptors (Lipinski definition) is 7. The van der Waals surface area contributed by atoms with E-state index in [2.05, 4.69) is 14.8 Å². The van der Waals surface area contributed by atoms with Gasteiger partial charge in [-0.05, 0) is 38.1 Å². The molecule has 5 rings (SSSR count). The number of methoxy groups -OCH3 is 1. The fourth-order valence-electron chi connectivity index (χ4n) is 5.58. The molecule has 8 heteroatoms. The number of para-hydroxylation sites is 2. The molecule has 1 fully saturated rings. The number of fused-ring (bicyclic) bond motifs is 1. The largest absolute Gasteiger partial charge is 0.466 e. The van der Waals surface area contributed by atoms with Gasteiger partial charge in [-0.1, -0.05) is 72.4 Å². The summed E-state index contributed by atoms with van der Waals surface area (Å²) in [6.45, 7) is 5.11. The molecule has 0 bridgehead atoms. The summed E-state index contributed by atoms with van der Waals surface area (Å²) in [6.07, 6.45) is 1.36. The molecule has 1 unspecified atom stereocenters. The zero-order valence-corrected chi connectivity index (χ0v) is 22.9. The maximum Gasteiger partial charge on any atom is 0.331 e. The van der Waals surface area contributed by atoms with E-state index in [9.17, 15) is 14.4 Å². The van der Waals surface area contributed by atoms with Crippen molar-refractivity contribution in [1.29, 1.82) is 0 Å². The number of rotatable bonds is 6. The molecule has 2 heterocycles. The van der Waals surface area contributed by atoms with Gasteiger partial charge in [-0.3, -0.25) is 9.59 Å². The first kappa shape index (κ1) is 26.4. The van der Waals surface area contributed by atoms with E-state index >= 15 is 0 Å². The van der Waals surface area contributed by atoms with Crippen LogP contribution in [0, 0.1) is 5.92 Å². The average Bonchev–Trinajstić information content (AvgIpc) is 3.44. The predicted octanol–water partition coefficient (Wildman–Crippen LogP) is 5.59. The number of amides is 1. The van der Waals surface area contributed by atoms with E-state index in [4.69, 9.17) is 4.74 Å². The number of anilines is 2. The highest BCUT2D eigenvalue weighted by Crippen LogP contribution is 2.58. The summed E-state index contributed by atoms with van der Waals surface area (Å²) >= 11 is 1.20. The molecule has 2 aliphatic heterocycles. The lowest BCUT2D eigenvalue weighted by molar-refractivity contribution is -0.134.